The molecular weight excluding hydrogens is 544 g/mol. The first-order valence-electron chi connectivity index (χ1n) is 10.2. The van der Waals surface area contributed by atoms with Gasteiger partial charge in [-0.05, 0) is 54.8 Å². The maximum Gasteiger partial charge on any atom is 0.324 e. The van der Waals surface area contributed by atoms with Crippen LogP contribution in [0.2, 0.25) is 0 Å². The van der Waals surface area contributed by atoms with E-state index in [0.717, 1.165) is 9.37 Å². The van der Waals surface area contributed by atoms with E-state index in [9.17, 15) is 24.6 Å². The van der Waals surface area contributed by atoms with Crippen molar-refractivity contribution in [3.05, 3.63) is 57.0 Å². The molecule has 32 heavy (non-hydrogen) atoms. The van der Waals surface area contributed by atoms with Crippen LogP contribution in [0.25, 0.3) is 0 Å². The smallest absolute Gasteiger partial charge is 0.324 e. The van der Waals surface area contributed by atoms with E-state index in [2.05, 4.69) is 37.2 Å². The van der Waals surface area contributed by atoms with Crippen LogP contribution >= 0.6 is 31.9 Å². The molecule has 2 aliphatic rings. The van der Waals surface area contributed by atoms with Crippen molar-refractivity contribution in [2.75, 3.05) is 4.90 Å². The normalized spacial score (nSPS) is 27.3. The van der Waals surface area contributed by atoms with Crippen molar-refractivity contribution in [3.8, 4) is 5.75 Å². The van der Waals surface area contributed by atoms with Gasteiger partial charge < -0.3 is 10.2 Å². The molecular formula is C23H22Br2N2O5. The molecule has 2 heterocycles. The number of amides is 2. The van der Waals surface area contributed by atoms with E-state index in [4.69, 9.17) is 0 Å². The Balaban J connectivity index is 1.89. The number of nitrogens with one attached hydrogen (secondary N) is 1. The number of carbonyl (C=O) groups excluding carboxylic acids is 2. The fourth-order valence-electron chi connectivity index (χ4n) is 5.00. The van der Waals surface area contributed by atoms with Crippen molar-refractivity contribution < 1.29 is 24.6 Å². The summed E-state index contributed by atoms with van der Waals surface area (Å²) in [6.07, 6.45) is 0.155. The predicted octanol–water partition coefficient (Wildman–Crippen LogP) is 4.24. The van der Waals surface area contributed by atoms with Crippen molar-refractivity contribution in [2.45, 2.75) is 31.8 Å². The average Bonchev–Trinajstić information content (AvgIpc) is 3.19. The molecule has 0 bridgehead atoms. The Morgan fingerprint density at radius 1 is 1.09 bits per heavy atom. The standard InChI is InChI=1S/C23H22Br2N2O5/c1-11(2)10-23(22(31)32)18-17(19(26-23)15-9-13(25)5-8-16(15)28)20(29)27(21(18)30)14-6-3-12(24)4-7-14/h3-9,11,17-19,26,28H,10H2,1-2H3,(H,31,32)/t17-,18-,19-,23+/m1/s1. The van der Waals surface area contributed by atoms with Gasteiger partial charge in [0.15, 0.2) is 0 Å². The van der Waals surface area contributed by atoms with Crippen molar-refractivity contribution in [2.24, 2.45) is 17.8 Å². The predicted molar refractivity (Wildman–Crippen MR) is 125 cm³/mol. The summed E-state index contributed by atoms with van der Waals surface area (Å²) in [6, 6.07) is 10.7. The van der Waals surface area contributed by atoms with E-state index in [-0.39, 0.29) is 18.1 Å². The molecule has 0 unspecified atom stereocenters. The molecule has 2 fully saturated rings. The molecule has 0 spiro atoms. The Hall–Kier alpha value is -2.23. The van der Waals surface area contributed by atoms with Gasteiger partial charge >= 0.3 is 5.97 Å². The number of halogens is 2. The Morgan fingerprint density at radius 3 is 2.31 bits per heavy atom. The van der Waals surface area contributed by atoms with Crippen LogP contribution in [0.15, 0.2) is 51.4 Å². The highest BCUT2D eigenvalue weighted by atomic mass is 79.9. The second-order valence-corrected chi connectivity index (χ2v) is 10.5. The van der Waals surface area contributed by atoms with E-state index in [0.29, 0.717) is 15.7 Å². The third kappa shape index (κ3) is 3.56. The van der Waals surface area contributed by atoms with Gasteiger partial charge in [0.1, 0.15) is 11.3 Å². The lowest BCUT2D eigenvalue weighted by atomic mass is 9.75. The number of carboxylic acid groups (broad SMARTS) is 1. The van der Waals surface area contributed by atoms with Gasteiger partial charge in [-0.25, -0.2) is 4.90 Å². The van der Waals surface area contributed by atoms with Crippen LogP contribution in [0, 0.1) is 17.8 Å². The molecule has 0 saturated carbocycles. The van der Waals surface area contributed by atoms with Crippen LogP contribution in [-0.4, -0.2) is 33.5 Å². The number of aliphatic carboxylic acids is 1. The number of fused-ring (bicyclic) bond motifs is 1. The summed E-state index contributed by atoms with van der Waals surface area (Å²) >= 11 is 6.72. The number of benzene rings is 2. The topological polar surface area (TPSA) is 107 Å². The molecule has 0 radical (unpaired) electrons. The van der Waals surface area contributed by atoms with Crippen molar-refractivity contribution in [1.82, 2.24) is 5.32 Å². The number of rotatable bonds is 5. The minimum Gasteiger partial charge on any atom is -0.508 e. The van der Waals surface area contributed by atoms with E-state index in [1.165, 1.54) is 6.07 Å². The zero-order valence-corrected chi connectivity index (χ0v) is 20.6. The number of hydrogen-bond donors (Lipinski definition) is 3. The summed E-state index contributed by atoms with van der Waals surface area (Å²) in [5, 5.41) is 24.0. The maximum atomic E-state index is 13.6. The van der Waals surface area contributed by atoms with Gasteiger partial charge in [0.05, 0.1) is 17.5 Å². The molecule has 0 aliphatic carbocycles. The number of hydrogen-bond acceptors (Lipinski definition) is 5. The van der Waals surface area contributed by atoms with Gasteiger partial charge in [0.2, 0.25) is 11.8 Å². The number of aromatic hydroxyl groups is 1. The molecule has 2 saturated heterocycles. The third-order valence-corrected chi connectivity index (χ3v) is 7.20. The zero-order chi connectivity index (χ0) is 23.4. The summed E-state index contributed by atoms with van der Waals surface area (Å²) in [5.41, 5.74) is -0.881. The Kier molecular flexibility index (Phi) is 5.94. The Morgan fingerprint density at radius 2 is 1.72 bits per heavy atom. The van der Waals surface area contributed by atoms with Crippen molar-refractivity contribution in [3.63, 3.8) is 0 Å². The van der Waals surface area contributed by atoms with Crippen LogP contribution in [-0.2, 0) is 14.4 Å². The number of carbonyl (C=O) groups is 3. The van der Waals surface area contributed by atoms with Crippen LogP contribution in [0.4, 0.5) is 5.69 Å². The summed E-state index contributed by atoms with van der Waals surface area (Å²) in [6.45, 7) is 3.75. The van der Waals surface area contributed by atoms with Crippen LogP contribution in [0.5, 0.6) is 5.75 Å². The molecule has 4 atom stereocenters. The molecule has 2 aromatic carbocycles. The van der Waals surface area contributed by atoms with E-state index >= 15 is 0 Å². The highest BCUT2D eigenvalue weighted by molar-refractivity contribution is 9.10. The molecule has 168 valence electrons. The lowest BCUT2D eigenvalue weighted by molar-refractivity contribution is -0.149. The summed E-state index contributed by atoms with van der Waals surface area (Å²) < 4.78 is 1.46. The minimum absolute atomic E-state index is 0.0567. The second-order valence-electron chi connectivity index (χ2n) is 8.69. The summed E-state index contributed by atoms with van der Waals surface area (Å²) in [7, 11) is 0. The molecule has 3 N–H and O–H groups in total. The van der Waals surface area contributed by atoms with E-state index in [1.807, 2.05) is 13.8 Å². The number of carboxylic acids is 1. The van der Waals surface area contributed by atoms with Gasteiger partial charge in [-0.15, -0.1) is 0 Å². The largest absolute Gasteiger partial charge is 0.508 e. The van der Waals surface area contributed by atoms with Crippen molar-refractivity contribution in [1.29, 1.82) is 0 Å². The first-order valence-corrected chi connectivity index (χ1v) is 11.8. The molecule has 7 nitrogen and oxygen atoms in total. The first kappa shape index (κ1) is 22.9. The second kappa shape index (κ2) is 8.28. The highest BCUT2D eigenvalue weighted by Crippen LogP contribution is 2.53. The molecule has 4 rings (SSSR count). The SMILES string of the molecule is CC(C)C[C@]1(C(=O)O)N[C@H](c2cc(Br)ccc2O)[C@@H]2C(=O)N(c3ccc(Br)cc3)C(=O)[C@@H]21. The van der Waals surface area contributed by atoms with Gasteiger partial charge in [0, 0.05) is 20.6 Å². The zero-order valence-electron chi connectivity index (χ0n) is 17.4. The number of nitrogens with zero attached hydrogens (tertiary/aromatic N) is 1. The van der Waals surface area contributed by atoms with Gasteiger partial charge in [0.25, 0.3) is 0 Å². The fourth-order valence-corrected chi connectivity index (χ4v) is 5.65. The quantitative estimate of drug-likeness (QED) is 0.468. The van der Waals surface area contributed by atoms with Gasteiger partial charge in [-0.2, -0.15) is 0 Å². The lowest BCUT2D eigenvalue weighted by Crippen LogP contribution is -2.56. The number of imide groups is 1. The number of phenols is 1. The molecule has 2 aliphatic heterocycles. The summed E-state index contributed by atoms with van der Waals surface area (Å²) in [5.74, 6) is -4.42. The van der Waals surface area contributed by atoms with Crippen LogP contribution < -0.4 is 10.2 Å². The van der Waals surface area contributed by atoms with Crippen LogP contribution in [0.3, 0.4) is 0 Å². The third-order valence-electron chi connectivity index (χ3n) is 6.18. The van der Waals surface area contributed by atoms with Crippen LogP contribution in [0.1, 0.15) is 31.9 Å². The average molecular weight is 566 g/mol. The van der Waals surface area contributed by atoms with E-state index < -0.39 is 41.2 Å². The molecule has 9 heteroatoms. The maximum absolute atomic E-state index is 13.6. The highest BCUT2D eigenvalue weighted by Gasteiger charge is 2.68. The summed E-state index contributed by atoms with van der Waals surface area (Å²) in [4.78, 5) is 41.0. The van der Waals surface area contributed by atoms with E-state index in [1.54, 1.807) is 36.4 Å². The van der Waals surface area contributed by atoms with Gasteiger partial charge in [-0.1, -0.05) is 45.7 Å². The first-order chi connectivity index (χ1) is 15.1. The fraction of sp³-hybridized carbons (Fsp3) is 0.348. The monoisotopic (exact) mass is 564 g/mol. The number of anilines is 1. The Labute approximate surface area is 202 Å². The number of phenolic OH excluding ortho intramolecular Hbond substituents is 1. The minimum atomic E-state index is -1.64. The van der Waals surface area contributed by atoms with Gasteiger partial charge in [-0.3, -0.25) is 19.7 Å². The Bertz CT molecular complexity index is 1100. The lowest BCUT2D eigenvalue weighted by Gasteiger charge is -2.32. The molecule has 0 aromatic heterocycles. The van der Waals surface area contributed by atoms with Crippen molar-refractivity contribution >= 4 is 55.3 Å². The molecule has 2 amide bonds. The molecule has 2 aromatic rings.